The van der Waals surface area contributed by atoms with E-state index in [2.05, 4.69) is 0 Å². The molecule has 0 aliphatic heterocycles. The van der Waals surface area contributed by atoms with Gasteiger partial charge in [-0.05, 0) is 54.4 Å². The van der Waals surface area contributed by atoms with Crippen LogP contribution in [0.2, 0.25) is 10.0 Å². The van der Waals surface area contributed by atoms with Gasteiger partial charge < -0.3 is 5.73 Å². The van der Waals surface area contributed by atoms with Gasteiger partial charge in [0.05, 0.1) is 0 Å². The normalized spacial score (nSPS) is 12.4. The van der Waals surface area contributed by atoms with Crippen LogP contribution in [-0.2, 0) is 6.42 Å². The van der Waals surface area contributed by atoms with Crippen LogP contribution in [0.4, 0.5) is 4.39 Å². The highest BCUT2D eigenvalue weighted by atomic mass is 35.5. The van der Waals surface area contributed by atoms with Gasteiger partial charge in [0.15, 0.2) is 0 Å². The van der Waals surface area contributed by atoms with Crippen molar-refractivity contribution in [3.8, 4) is 0 Å². The van der Waals surface area contributed by atoms with Crippen molar-refractivity contribution >= 4 is 23.2 Å². The van der Waals surface area contributed by atoms with Crippen LogP contribution >= 0.6 is 23.2 Å². The Kier molecular flexibility index (Phi) is 4.81. The quantitative estimate of drug-likeness (QED) is 0.888. The molecule has 1 nitrogen and oxygen atoms in total. The molecule has 1 unspecified atom stereocenters. The maximum Gasteiger partial charge on any atom is 0.126 e. The third kappa shape index (κ3) is 3.69. The number of hydrogen-bond acceptors (Lipinski definition) is 1. The van der Waals surface area contributed by atoms with Gasteiger partial charge in [0.1, 0.15) is 5.82 Å². The molecular weight excluding hydrogens is 284 g/mol. The summed E-state index contributed by atoms with van der Waals surface area (Å²) in [6.45, 7) is 0.423. The lowest BCUT2D eigenvalue weighted by molar-refractivity contribution is 0.590. The Hall–Kier alpha value is -1.09. The topological polar surface area (TPSA) is 26.0 Å². The van der Waals surface area contributed by atoms with Crippen LogP contribution in [0.25, 0.3) is 0 Å². The SMILES string of the molecule is NCC(Cc1cc(Cl)ccc1F)c1cccc(Cl)c1. The minimum atomic E-state index is -0.259. The average Bonchev–Trinajstić information content (AvgIpc) is 2.39. The molecule has 0 saturated heterocycles. The van der Waals surface area contributed by atoms with E-state index in [9.17, 15) is 4.39 Å². The molecule has 0 aliphatic rings. The van der Waals surface area contributed by atoms with Gasteiger partial charge in [0.2, 0.25) is 0 Å². The molecule has 0 aliphatic carbocycles. The first-order valence-electron chi connectivity index (χ1n) is 5.99. The summed E-state index contributed by atoms with van der Waals surface area (Å²) in [6, 6.07) is 12.0. The summed E-state index contributed by atoms with van der Waals surface area (Å²) in [4.78, 5) is 0. The number of rotatable bonds is 4. The standard InChI is InChI=1S/C15H14Cl2FN/c16-13-3-1-2-10(7-13)12(9-19)6-11-8-14(17)4-5-15(11)18/h1-5,7-8,12H,6,9,19H2. The molecule has 2 aromatic rings. The molecule has 100 valence electrons. The monoisotopic (exact) mass is 297 g/mol. The third-order valence-corrected chi connectivity index (χ3v) is 3.55. The number of benzene rings is 2. The van der Waals surface area contributed by atoms with E-state index >= 15 is 0 Å². The summed E-state index contributed by atoms with van der Waals surface area (Å²) in [5, 5.41) is 1.18. The summed E-state index contributed by atoms with van der Waals surface area (Å²) in [6.07, 6.45) is 0.503. The molecule has 0 spiro atoms. The molecule has 0 amide bonds. The Balaban J connectivity index is 2.26. The van der Waals surface area contributed by atoms with E-state index in [0.29, 0.717) is 28.6 Å². The first kappa shape index (κ1) is 14.3. The van der Waals surface area contributed by atoms with Crippen molar-refractivity contribution in [2.45, 2.75) is 12.3 Å². The van der Waals surface area contributed by atoms with Crippen LogP contribution < -0.4 is 5.73 Å². The summed E-state index contributed by atoms with van der Waals surface area (Å²) in [5.41, 5.74) is 7.37. The minimum absolute atomic E-state index is 0.0201. The zero-order valence-electron chi connectivity index (χ0n) is 10.2. The smallest absolute Gasteiger partial charge is 0.126 e. The predicted octanol–water partition coefficient (Wildman–Crippen LogP) is 4.42. The Labute approximate surface area is 122 Å². The number of nitrogens with two attached hydrogens (primary N) is 1. The van der Waals surface area contributed by atoms with Crippen LogP contribution in [0, 0.1) is 5.82 Å². The van der Waals surface area contributed by atoms with E-state index in [1.54, 1.807) is 12.1 Å². The van der Waals surface area contributed by atoms with E-state index in [4.69, 9.17) is 28.9 Å². The molecule has 1 atom stereocenters. The first-order valence-corrected chi connectivity index (χ1v) is 6.75. The van der Waals surface area contributed by atoms with Crippen LogP contribution in [0.15, 0.2) is 42.5 Å². The summed E-state index contributed by atoms with van der Waals surface area (Å²) in [5.74, 6) is -0.239. The molecule has 0 fully saturated rings. The zero-order valence-corrected chi connectivity index (χ0v) is 11.8. The highest BCUT2D eigenvalue weighted by Crippen LogP contribution is 2.25. The third-order valence-electron chi connectivity index (χ3n) is 3.08. The Morgan fingerprint density at radius 2 is 1.79 bits per heavy atom. The van der Waals surface area contributed by atoms with Gasteiger partial charge in [-0.15, -0.1) is 0 Å². The van der Waals surface area contributed by atoms with Gasteiger partial charge in [-0.3, -0.25) is 0 Å². The van der Waals surface area contributed by atoms with Crippen molar-refractivity contribution in [2.75, 3.05) is 6.54 Å². The molecule has 0 saturated carbocycles. The van der Waals surface area contributed by atoms with Crippen molar-refractivity contribution < 1.29 is 4.39 Å². The lowest BCUT2D eigenvalue weighted by atomic mass is 9.92. The van der Waals surface area contributed by atoms with Gasteiger partial charge in [-0.25, -0.2) is 4.39 Å². The molecule has 0 heterocycles. The highest BCUT2D eigenvalue weighted by Gasteiger charge is 2.14. The van der Waals surface area contributed by atoms with E-state index in [-0.39, 0.29) is 11.7 Å². The molecule has 0 radical (unpaired) electrons. The largest absolute Gasteiger partial charge is 0.330 e. The zero-order chi connectivity index (χ0) is 13.8. The van der Waals surface area contributed by atoms with Crippen LogP contribution in [0.3, 0.4) is 0 Å². The van der Waals surface area contributed by atoms with E-state index in [0.717, 1.165) is 5.56 Å². The van der Waals surface area contributed by atoms with Crippen molar-refractivity contribution in [1.29, 1.82) is 0 Å². The van der Waals surface area contributed by atoms with Crippen LogP contribution in [0.1, 0.15) is 17.0 Å². The average molecular weight is 298 g/mol. The van der Waals surface area contributed by atoms with Crippen LogP contribution in [0.5, 0.6) is 0 Å². The Morgan fingerprint density at radius 3 is 2.47 bits per heavy atom. The lowest BCUT2D eigenvalue weighted by Gasteiger charge is -2.16. The second-order valence-electron chi connectivity index (χ2n) is 4.43. The molecule has 2 rings (SSSR count). The number of hydrogen-bond donors (Lipinski definition) is 1. The Bertz CT molecular complexity index is 572. The fourth-order valence-corrected chi connectivity index (χ4v) is 2.46. The van der Waals surface area contributed by atoms with E-state index < -0.39 is 0 Å². The molecule has 2 N–H and O–H groups in total. The molecular formula is C15H14Cl2FN. The second kappa shape index (κ2) is 6.38. The summed E-state index contributed by atoms with van der Waals surface area (Å²) in [7, 11) is 0. The molecule has 19 heavy (non-hydrogen) atoms. The van der Waals surface area contributed by atoms with E-state index in [1.807, 2.05) is 18.2 Å². The van der Waals surface area contributed by atoms with Crippen molar-refractivity contribution in [1.82, 2.24) is 0 Å². The minimum Gasteiger partial charge on any atom is -0.330 e. The summed E-state index contributed by atoms with van der Waals surface area (Å²) >= 11 is 11.9. The van der Waals surface area contributed by atoms with Gasteiger partial charge in [-0.2, -0.15) is 0 Å². The maximum absolute atomic E-state index is 13.7. The number of halogens is 3. The first-order chi connectivity index (χ1) is 9.10. The van der Waals surface area contributed by atoms with Crippen molar-refractivity contribution in [3.05, 3.63) is 69.5 Å². The molecule has 0 bridgehead atoms. The van der Waals surface area contributed by atoms with E-state index in [1.165, 1.54) is 12.1 Å². The predicted molar refractivity (Wildman–Crippen MR) is 78.4 cm³/mol. The summed E-state index contributed by atoms with van der Waals surface area (Å²) < 4.78 is 13.7. The Morgan fingerprint density at radius 1 is 1.05 bits per heavy atom. The molecule has 2 aromatic carbocycles. The van der Waals surface area contributed by atoms with Gasteiger partial charge in [0, 0.05) is 16.0 Å². The second-order valence-corrected chi connectivity index (χ2v) is 5.30. The van der Waals surface area contributed by atoms with Gasteiger partial charge in [0.25, 0.3) is 0 Å². The van der Waals surface area contributed by atoms with Crippen molar-refractivity contribution in [2.24, 2.45) is 5.73 Å². The highest BCUT2D eigenvalue weighted by molar-refractivity contribution is 6.30. The van der Waals surface area contributed by atoms with Gasteiger partial charge in [-0.1, -0.05) is 35.3 Å². The van der Waals surface area contributed by atoms with Crippen LogP contribution in [-0.4, -0.2) is 6.54 Å². The fraction of sp³-hybridized carbons (Fsp3) is 0.200. The van der Waals surface area contributed by atoms with Gasteiger partial charge >= 0.3 is 0 Å². The lowest BCUT2D eigenvalue weighted by Crippen LogP contribution is -2.15. The molecule has 4 heteroatoms. The molecule has 0 aromatic heterocycles. The maximum atomic E-state index is 13.7. The fourth-order valence-electron chi connectivity index (χ4n) is 2.06. The van der Waals surface area contributed by atoms with Crippen molar-refractivity contribution in [3.63, 3.8) is 0 Å².